The van der Waals surface area contributed by atoms with E-state index < -0.39 is 0 Å². The van der Waals surface area contributed by atoms with E-state index in [4.69, 9.17) is 0 Å². The zero-order chi connectivity index (χ0) is 13.2. The minimum atomic E-state index is 0.490. The molecule has 1 aromatic rings. The Morgan fingerprint density at radius 2 is 2.00 bits per heavy atom. The smallest absolute Gasteiger partial charge is 0.120 e. The second kappa shape index (κ2) is 8.46. The molecule has 1 rings (SSSR count). The molecule has 0 radical (unpaired) electrons. The summed E-state index contributed by atoms with van der Waals surface area (Å²) < 4.78 is 0. The van der Waals surface area contributed by atoms with Gasteiger partial charge in [0, 0.05) is 6.42 Å². The maximum absolute atomic E-state index is 10.3. The summed E-state index contributed by atoms with van der Waals surface area (Å²) in [6.45, 7) is 4.24. The number of rotatable bonds is 7. The van der Waals surface area contributed by atoms with E-state index in [-0.39, 0.29) is 0 Å². The van der Waals surface area contributed by atoms with Crippen molar-refractivity contribution in [2.75, 3.05) is 0 Å². The van der Waals surface area contributed by atoms with Gasteiger partial charge in [-0.05, 0) is 31.2 Å². The van der Waals surface area contributed by atoms with E-state index in [1.807, 2.05) is 18.2 Å². The Morgan fingerprint density at radius 3 is 2.67 bits per heavy atom. The van der Waals surface area contributed by atoms with Crippen molar-refractivity contribution in [2.24, 2.45) is 5.92 Å². The van der Waals surface area contributed by atoms with Crippen molar-refractivity contribution in [1.82, 2.24) is 0 Å². The Kier molecular flexibility index (Phi) is 6.78. The lowest BCUT2D eigenvalue weighted by Crippen LogP contribution is -1.94. The Labute approximate surface area is 110 Å². The Bertz CT molecular complexity index is 401. The molecule has 0 spiro atoms. The van der Waals surface area contributed by atoms with Crippen LogP contribution >= 0.6 is 0 Å². The van der Waals surface area contributed by atoms with Crippen LogP contribution in [0.15, 0.2) is 48.1 Å². The summed E-state index contributed by atoms with van der Waals surface area (Å²) in [6.07, 6.45) is 10.3. The summed E-state index contributed by atoms with van der Waals surface area (Å²) >= 11 is 0. The molecule has 0 bridgehead atoms. The molecule has 0 aliphatic carbocycles. The lowest BCUT2D eigenvalue weighted by molar-refractivity contribution is -0.108. The van der Waals surface area contributed by atoms with Crippen LogP contribution in [-0.4, -0.2) is 6.29 Å². The third-order valence-corrected chi connectivity index (χ3v) is 2.96. The van der Waals surface area contributed by atoms with Crippen LogP contribution < -0.4 is 0 Å². The van der Waals surface area contributed by atoms with Gasteiger partial charge in [0.2, 0.25) is 0 Å². The largest absolute Gasteiger partial charge is 0.303 e. The minimum absolute atomic E-state index is 0.490. The van der Waals surface area contributed by atoms with Crippen molar-refractivity contribution in [3.63, 3.8) is 0 Å². The van der Waals surface area contributed by atoms with Crippen LogP contribution in [-0.2, 0) is 4.79 Å². The molecule has 0 aliphatic rings. The molecule has 0 saturated carbocycles. The molecule has 0 heterocycles. The number of carbonyl (C=O) groups excluding carboxylic acids is 1. The van der Waals surface area contributed by atoms with Gasteiger partial charge in [0.05, 0.1) is 0 Å². The van der Waals surface area contributed by atoms with Gasteiger partial charge in [0.25, 0.3) is 0 Å². The fourth-order valence-electron chi connectivity index (χ4n) is 1.74. The van der Waals surface area contributed by atoms with Gasteiger partial charge in [-0.3, -0.25) is 0 Å². The minimum Gasteiger partial charge on any atom is -0.303 e. The highest BCUT2D eigenvalue weighted by molar-refractivity contribution is 5.52. The highest BCUT2D eigenvalue weighted by Crippen LogP contribution is 2.11. The molecule has 0 aliphatic heterocycles. The Morgan fingerprint density at radius 1 is 1.28 bits per heavy atom. The predicted octanol–water partition coefficient (Wildman–Crippen LogP) is 4.65. The monoisotopic (exact) mass is 242 g/mol. The molecule has 1 atom stereocenters. The lowest BCUT2D eigenvalue weighted by Gasteiger charge is -2.04. The van der Waals surface area contributed by atoms with Crippen molar-refractivity contribution in [2.45, 2.75) is 33.1 Å². The zero-order valence-electron chi connectivity index (χ0n) is 11.3. The van der Waals surface area contributed by atoms with Gasteiger partial charge in [0.1, 0.15) is 6.29 Å². The average Bonchev–Trinajstić information content (AvgIpc) is 2.38. The van der Waals surface area contributed by atoms with Crippen molar-refractivity contribution in [3.05, 3.63) is 53.6 Å². The van der Waals surface area contributed by atoms with Gasteiger partial charge in [-0.15, -0.1) is 0 Å². The summed E-state index contributed by atoms with van der Waals surface area (Å²) in [5.41, 5.74) is 2.50. The maximum atomic E-state index is 10.3. The molecule has 1 heteroatoms. The van der Waals surface area contributed by atoms with Crippen LogP contribution in [0.1, 0.15) is 38.7 Å². The highest BCUT2D eigenvalue weighted by atomic mass is 16.1. The van der Waals surface area contributed by atoms with Gasteiger partial charge in [0.15, 0.2) is 0 Å². The van der Waals surface area contributed by atoms with E-state index in [1.54, 1.807) is 0 Å². The van der Waals surface area contributed by atoms with Crippen molar-refractivity contribution in [1.29, 1.82) is 0 Å². The lowest BCUT2D eigenvalue weighted by atomic mass is 10.0. The third kappa shape index (κ3) is 6.19. The van der Waals surface area contributed by atoms with Gasteiger partial charge in [-0.2, -0.15) is 0 Å². The maximum Gasteiger partial charge on any atom is 0.120 e. The predicted molar refractivity (Wildman–Crippen MR) is 78.3 cm³/mol. The highest BCUT2D eigenvalue weighted by Gasteiger charge is 1.98. The summed E-state index contributed by atoms with van der Waals surface area (Å²) in [4.78, 5) is 10.3. The van der Waals surface area contributed by atoms with Crippen molar-refractivity contribution in [3.8, 4) is 0 Å². The first-order chi connectivity index (χ1) is 8.72. The number of benzene rings is 1. The molecule has 1 nitrogen and oxygen atoms in total. The summed E-state index contributed by atoms with van der Waals surface area (Å²) in [6, 6.07) is 10.3. The van der Waals surface area contributed by atoms with Gasteiger partial charge >= 0.3 is 0 Å². The summed E-state index contributed by atoms with van der Waals surface area (Å²) in [5.74, 6) is 0.490. The van der Waals surface area contributed by atoms with Gasteiger partial charge in [-0.1, -0.05) is 61.1 Å². The first-order valence-corrected chi connectivity index (χ1v) is 6.56. The first-order valence-electron chi connectivity index (χ1n) is 6.56. The molecule has 0 fully saturated rings. The molecule has 18 heavy (non-hydrogen) atoms. The van der Waals surface area contributed by atoms with E-state index in [9.17, 15) is 4.79 Å². The quantitative estimate of drug-likeness (QED) is 0.502. The first kappa shape index (κ1) is 14.4. The zero-order valence-corrected chi connectivity index (χ0v) is 11.3. The standard InChI is InChI=1S/C17H22O/c1-15(7-6-8-16(2)13-14-18)11-12-17-9-4-3-5-10-17/h3-5,7,9-12,14,16H,6,8,13H2,1-2H3/b12-11+,15-7-. The third-order valence-electron chi connectivity index (χ3n) is 2.96. The van der Waals surface area contributed by atoms with Crippen LogP contribution in [0.3, 0.4) is 0 Å². The molecule has 1 aromatic carbocycles. The number of hydrogen-bond donors (Lipinski definition) is 0. The Hall–Kier alpha value is -1.63. The molecule has 0 amide bonds. The van der Waals surface area contributed by atoms with E-state index in [1.165, 1.54) is 11.1 Å². The van der Waals surface area contributed by atoms with E-state index >= 15 is 0 Å². The van der Waals surface area contributed by atoms with E-state index in [2.05, 4.69) is 44.2 Å². The van der Waals surface area contributed by atoms with Crippen LogP contribution in [0, 0.1) is 5.92 Å². The van der Waals surface area contributed by atoms with Crippen LogP contribution in [0.25, 0.3) is 6.08 Å². The van der Waals surface area contributed by atoms with Crippen LogP contribution in [0.2, 0.25) is 0 Å². The van der Waals surface area contributed by atoms with E-state index in [0.717, 1.165) is 19.1 Å². The number of hydrogen-bond acceptors (Lipinski definition) is 1. The topological polar surface area (TPSA) is 17.1 Å². The Balaban J connectivity index is 2.38. The molecule has 1 unspecified atom stereocenters. The number of carbonyl (C=O) groups is 1. The average molecular weight is 242 g/mol. The van der Waals surface area contributed by atoms with Gasteiger partial charge in [-0.25, -0.2) is 0 Å². The van der Waals surface area contributed by atoms with Crippen molar-refractivity contribution >= 4 is 12.4 Å². The van der Waals surface area contributed by atoms with Crippen LogP contribution in [0.5, 0.6) is 0 Å². The second-order valence-corrected chi connectivity index (χ2v) is 4.78. The van der Waals surface area contributed by atoms with Crippen molar-refractivity contribution < 1.29 is 4.79 Å². The molecular weight excluding hydrogens is 220 g/mol. The van der Waals surface area contributed by atoms with Crippen LogP contribution in [0.4, 0.5) is 0 Å². The number of allylic oxidation sites excluding steroid dienone is 3. The molecule has 0 N–H and O–H groups in total. The fraction of sp³-hybridized carbons (Fsp3) is 0.353. The summed E-state index contributed by atoms with van der Waals surface area (Å²) in [5, 5.41) is 0. The molecular formula is C17H22O. The van der Waals surface area contributed by atoms with E-state index in [0.29, 0.717) is 12.3 Å². The van der Waals surface area contributed by atoms with Gasteiger partial charge < -0.3 is 4.79 Å². The normalized spacial score (nSPS) is 13.8. The number of aldehydes is 1. The fourth-order valence-corrected chi connectivity index (χ4v) is 1.74. The molecule has 0 aromatic heterocycles. The summed E-state index contributed by atoms with van der Waals surface area (Å²) in [7, 11) is 0. The molecule has 0 saturated heterocycles. The molecule has 96 valence electrons. The second-order valence-electron chi connectivity index (χ2n) is 4.78. The SMILES string of the molecule is CC(=C/CCC(C)CC=O)/C=C/c1ccccc1.